The molecule has 1 rings (SSSR count). The number of esters is 4. The Morgan fingerprint density at radius 2 is 1.48 bits per heavy atom. The fraction of sp³-hybridized carbons (Fsp3) is 0.714. The molecular weight excluding hydrogens is 364 g/mol. The molecule has 1 heterocycles. The summed E-state index contributed by atoms with van der Waals surface area (Å²) in [7, 11) is 0. The number of hydrogen-bond acceptors (Lipinski definition) is 10. The number of rotatable bonds is 6. The van der Waals surface area contributed by atoms with Crippen LogP contribution in [0.3, 0.4) is 0 Å². The summed E-state index contributed by atoms with van der Waals surface area (Å²) >= 11 is 5.36. The van der Waals surface area contributed by atoms with Gasteiger partial charge in [-0.15, -0.1) is 11.6 Å². The lowest BCUT2D eigenvalue weighted by molar-refractivity contribution is -0.296. The van der Waals surface area contributed by atoms with Crippen LogP contribution >= 0.6 is 11.6 Å². The van der Waals surface area contributed by atoms with Crippen molar-refractivity contribution in [3.05, 3.63) is 0 Å². The molecule has 0 aromatic carbocycles. The number of ether oxygens (including phenoxy) is 5. The fourth-order valence-corrected chi connectivity index (χ4v) is 2.26. The molecule has 0 aromatic rings. The molecular formula is C14H19ClO10. The highest BCUT2D eigenvalue weighted by molar-refractivity contribution is 6.26. The molecule has 0 saturated carbocycles. The van der Waals surface area contributed by atoms with Gasteiger partial charge >= 0.3 is 23.9 Å². The van der Waals surface area contributed by atoms with Crippen molar-refractivity contribution < 1.29 is 48.0 Å². The van der Waals surface area contributed by atoms with Gasteiger partial charge in [0.05, 0.1) is 0 Å². The second-order valence-electron chi connectivity index (χ2n) is 5.10. The summed E-state index contributed by atoms with van der Waals surface area (Å²) < 4.78 is 25.1. The minimum atomic E-state index is -1.73. The van der Waals surface area contributed by atoms with Crippen molar-refractivity contribution >= 4 is 35.5 Å². The molecule has 0 aliphatic carbocycles. The van der Waals surface area contributed by atoms with E-state index >= 15 is 0 Å². The standard InChI is InChI=1S/C14H19ClO10/c1-6(16)21-5-9-11(22-7(2)17)12(23-8(3)18)13(14(20)24-9)25-10(19)4-15/h9,11-14,20H,4-5H2,1-3H3/t9-,11-,12+,13-,14-/m1/s1. The zero-order valence-corrected chi connectivity index (χ0v) is 14.6. The average Bonchev–Trinajstić information content (AvgIpc) is 2.50. The highest BCUT2D eigenvalue weighted by Crippen LogP contribution is 2.28. The summed E-state index contributed by atoms with van der Waals surface area (Å²) in [5.74, 6) is -3.61. The molecule has 0 bridgehead atoms. The maximum atomic E-state index is 11.4. The Labute approximate surface area is 148 Å². The lowest BCUT2D eigenvalue weighted by atomic mass is 9.98. The van der Waals surface area contributed by atoms with Crippen LogP contribution in [-0.2, 0) is 42.9 Å². The predicted octanol–water partition coefficient (Wildman–Crippen LogP) is -0.719. The summed E-state index contributed by atoms with van der Waals surface area (Å²) in [5, 5.41) is 10.1. The van der Waals surface area contributed by atoms with Crippen LogP contribution in [0.4, 0.5) is 0 Å². The van der Waals surface area contributed by atoms with Crippen LogP contribution in [0.25, 0.3) is 0 Å². The molecule has 5 atom stereocenters. The van der Waals surface area contributed by atoms with Gasteiger partial charge in [0.15, 0.2) is 24.6 Å². The summed E-state index contributed by atoms with van der Waals surface area (Å²) in [4.78, 5) is 45.2. The van der Waals surface area contributed by atoms with Crippen LogP contribution in [0.15, 0.2) is 0 Å². The first-order valence-corrected chi connectivity index (χ1v) is 7.76. The lowest BCUT2D eigenvalue weighted by Crippen LogP contribution is -2.62. The van der Waals surface area contributed by atoms with Gasteiger partial charge in [-0.3, -0.25) is 19.2 Å². The average molecular weight is 383 g/mol. The van der Waals surface area contributed by atoms with Crippen LogP contribution in [0.5, 0.6) is 0 Å². The third kappa shape index (κ3) is 6.48. The third-order valence-electron chi connectivity index (χ3n) is 3.04. The maximum absolute atomic E-state index is 11.4. The zero-order chi connectivity index (χ0) is 19.1. The summed E-state index contributed by atoms with van der Waals surface area (Å²) in [5.41, 5.74) is 0. The third-order valence-corrected chi connectivity index (χ3v) is 3.26. The van der Waals surface area contributed by atoms with E-state index in [9.17, 15) is 24.3 Å². The molecule has 1 fully saturated rings. The molecule has 1 aliphatic rings. The zero-order valence-electron chi connectivity index (χ0n) is 13.8. The Hall–Kier alpha value is -1.91. The van der Waals surface area contributed by atoms with E-state index in [1.54, 1.807) is 0 Å². The van der Waals surface area contributed by atoms with E-state index in [1.807, 2.05) is 0 Å². The summed E-state index contributed by atoms with van der Waals surface area (Å²) in [6.07, 6.45) is -7.06. The Morgan fingerprint density at radius 1 is 0.920 bits per heavy atom. The van der Waals surface area contributed by atoms with Gasteiger partial charge in [0.2, 0.25) is 0 Å². The van der Waals surface area contributed by atoms with Crippen molar-refractivity contribution in [3.8, 4) is 0 Å². The van der Waals surface area contributed by atoms with Gasteiger partial charge in [-0.05, 0) is 0 Å². The van der Waals surface area contributed by atoms with Crippen molar-refractivity contribution in [2.24, 2.45) is 0 Å². The molecule has 142 valence electrons. The molecule has 0 unspecified atom stereocenters. The van der Waals surface area contributed by atoms with Crippen molar-refractivity contribution in [2.75, 3.05) is 12.5 Å². The number of hydrogen-bond donors (Lipinski definition) is 1. The normalized spacial score (nSPS) is 28.6. The second kappa shape index (κ2) is 9.54. The largest absolute Gasteiger partial charge is 0.463 e. The van der Waals surface area contributed by atoms with Gasteiger partial charge in [-0.1, -0.05) is 0 Å². The van der Waals surface area contributed by atoms with E-state index < -0.39 is 67.1 Å². The van der Waals surface area contributed by atoms with E-state index in [1.165, 1.54) is 0 Å². The Kier molecular flexibility index (Phi) is 8.07. The van der Waals surface area contributed by atoms with Gasteiger partial charge in [-0.2, -0.15) is 0 Å². The molecule has 0 radical (unpaired) electrons. The highest BCUT2D eigenvalue weighted by Gasteiger charge is 2.51. The molecule has 25 heavy (non-hydrogen) atoms. The first-order valence-electron chi connectivity index (χ1n) is 7.22. The Morgan fingerprint density at radius 3 is 1.96 bits per heavy atom. The van der Waals surface area contributed by atoms with E-state index in [-0.39, 0.29) is 0 Å². The van der Waals surface area contributed by atoms with Gasteiger partial charge in [0.1, 0.15) is 18.6 Å². The number of alkyl halides is 1. The quantitative estimate of drug-likeness (QED) is 0.356. The molecule has 10 nitrogen and oxygen atoms in total. The van der Waals surface area contributed by atoms with E-state index in [0.717, 1.165) is 20.8 Å². The number of aliphatic hydroxyl groups excluding tert-OH is 1. The maximum Gasteiger partial charge on any atom is 0.321 e. The van der Waals surface area contributed by atoms with E-state index in [2.05, 4.69) is 0 Å². The minimum absolute atomic E-state index is 0.391. The summed E-state index contributed by atoms with van der Waals surface area (Å²) in [6.45, 7) is 2.93. The van der Waals surface area contributed by atoms with Crippen LogP contribution < -0.4 is 0 Å². The molecule has 1 N–H and O–H groups in total. The van der Waals surface area contributed by atoms with E-state index in [4.69, 9.17) is 35.3 Å². The topological polar surface area (TPSA) is 135 Å². The fourth-order valence-electron chi connectivity index (χ4n) is 2.20. The van der Waals surface area contributed by atoms with Crippen LogP contribution in [-0.4, -0.2) is 72.2 Å². The van der Waals surface area contributed by atoms with Gasteiger partial charge < -0.3 is 28.8 Å². The summed E-state index contributed by atoms with van der Waals surface area (Å²) in [6, 6.07) is 0. The smallest absolute Gasteiger partial charge is 0.321 e. The molecule has 0 amide bonds. The molecule has 1 saturated heterocycles. The second-order valence-corrected chi connectivity index (χ2v) is 5.37. The molecule has 1 aliphatic heterocycles. The van der Waals surface area contributed by atoms with Crippen LogP contribution in [0, 0.1) is 0 Å². The Bertz CT molecular complexity index is 522. The SMILES string of the molecule is CC(=O)OC[C@H]1O[C@@H](O)[C@H](OC(=O)CCl)[C@@H](OC(C)=O)[C@@H]1OC(C)=O. The molecule has 11 heteroatoms. The number of halogens is 1. The van der Waals surface area contributed by atoms with Gasteiger partial charge in [-0.25, -0.2) is 0 Å². The number of carbonyl (C=O) groups excluding carboxylic acids is 4. The first-order chi connectivity index (χ1) is 11.6. The minimum Gasteiger partial charge on any atom is -0.463 e. The van der Waals surface area contributed by atoms with Gasteiger partial charge in [0, 0.05) is 20.8 Å². The molecule has 0 spiro atoms. The first kappa shape index (κ1) is 21.1. The predicted molar refractivity (Wildman–Crippen MR) is 79.2 cm³/mol. The van der Waals surface area contributed by atoms with Crippen LogP contribution in [0.1, 0.15) is 20.8 Å². The van der Waals surface area contributed by atoms with Gasteiger partial charge in [0.25, 0.3) is 0 Å². The number of aliphatic hydroxyl groups is 1. The lowest BCUT2D eigenvalue weighted by Gasteiger charge is -2.42. The molecule has 0 aromatic heterocycles. The van der Waals surface area contributed by atoms with Crippen molar-refractivity contribution in [1.29, 1.82) is 0 Å². The highest BCUT2D eigenvalue weighted by atomic mass is 35.5. The van der Waals surface area contributed by atoms with Crippen molar-refractivity contribution in [1.82, 2.24) is 0 Å². The van der Waals surface area contributed by atoms with Crippen LogP contribution in [0.2, 0.25) is 0 Å². The van der Waals surface area contributed by atoms with Crippen molar-refractivity contribution in [3.63, 3.8) is 0 Å². The Balaban J connectivity index is 3.12. The van der Waals surface area contributed by atoms with Crippen molar-refractivity contribution in [2.45, 2.75) is 51.5 Å². The van der Waals surface area contributed by atoms with E-state index in [0.29, 0.717) is 0 Å². The monoisotopic (exact) mass is 382 g/mol. The number of carbonyl (C=O) groups is 4.